The Labute approximate surface area is 172 Å². The number of guanidine groups is 1. The zero-order valence-electron chi connectivity index (χ0n) is 15.3. The van der Waals surface area contributed by atoms with Crippen molar-refractivity contribution in [2.24, 2.45) is 10.7 Å². The zero-order chi connectivity index (χ0) is 17.5. The highest BCUT2D eigenvalue weighted by atomic mass is 127. The summed E-state index contributed by atoms with van der Waals surface area (Å²) in [6.07, 6.45) is 4.91. The fourth-order valence-electron chi connectivity index (χ4n) is 3.59. The number of benzene rings is 1. The van der Waals surface area contributed by atoms with Crippen molar-refractivity contribution in [1.29, 1.82) is 0 Å². The molecule has 2 aliphatic heterocycles. The van der Waals surface area contributed by atoms with Crippen molar-refractivity contribution in [1.82, 2.24) is 9.80 Å². The molecule has 2 fully saturated rings. The number of rotatable bonds is 4. The van der Waals surface area contributed by atoms with Crippen LogP contribution in [-0.4, -0.2) is 61.7 Å². The highest BCUT2D eigenvalue weighted by Crippen LogP contribution is 2.23. The van der Waals surface area contributed by atoms with E-state index in [1.165, 1.54) is 37.8 Å². The summed E-state index contributed by atoms with van der Waals surface area (Å²) in [6, 6.07) is 6.85. The predicted molar refractivity (Wildman–Crippen MR) is 113 cm³/mol. The molecule has 3 rings (SSSR count). The second kappa shape index (κ2) is 11.0. The maximum atomic E-state index is 13.3. The average molecular weight is 476 g/mol. The largest absolute Gasteiger partial charge is 0.379 e. The molecule has 146 valence electrons. The Hall–Kier alpha value is -0.930. The third-order valence-electron chi connectivity index (χ3n) is 5.10. The lowest BCUT2D eigenvalue weighted by molar-refractivity contribution is 0.0179. The molecular weight excluding hydrogens is 446 g/mol. The summed E-state index contributed by atoms with van der Waals surface area (Å²) in [5, 5.41) is 0. The second-order valence-corrected chi connectivity index (χ2v) is 6.82. The van der Waals surface area contributed by atoms with E-state index in [2.05, 4.69) is 9.80 Å². The van der Waals surface area contributed by atoms with Crippen molar-refractivity contribution in [3.05, 3.63) is 35.6 Å². The van der Waals surface area contributed by atoms with Gasteiger partial charge in [0.25, 0.3) is 0 Å². The first-order valence-electron chi connectivity index (χ1n) is 9.36. The topological polar surface area (TPSA) is 54.1 Å². The Kier molecular flexibility index (Phi) is 9.07. The lowest BCUT2D eigenvalue weighted by Crippen LogP contribution is -2.42. The van der Waals surface area contributed by atoms with E-state index in [0.29, 0.717) is 12.5 Å². The Balaban J connectivity index is 0.00000243. The van der Waals surface area contributed by atoms with Crippen LogP contribution in [0, 0.1) is 5.82 Å². The van der Waals surface area contributed by atoms with E-state index >= 15 is 0 Å². The van der Waals surface area contributed by atoms with Crippen LogP contribution >= 0.6 is 24.0 Å². The van der Waals surface area contributed by atoms with Crippen molar-refractivity contribution >= 4 is 29.9 Å². The van der Waals surface area contributed by atoms with Gasteiger partial charge in [-0.05, 0) is 30.5 Å². The summed E-state index contributed by atoms with van der Waals surface area (Å²) in [6.45, 7) is 5.75. The number of ether oxygens (including phenoxy) is 1. The van der Waals surface area contributed by atoms with Gasteiger partial charge in [0, 0.05) is 26.2 Å². The number of nitrogens with zero attached hydrogens (tertiary/aromatic N) is 3. The van der Waals surface area contributed by atoms with Gasteiger partial charge in [-0.15, -0.1) is 24.0 Å². The van der Waals surface area contributed by atoms with Gasteiger partial charge >= 0.3 is 0 Å². The third kappa shape index (κ3) is 6.06. The van der Waals surface area contributed by atoms with Gasteiger partial charge in [-0.2, -0.15) is 0 Å². The fourth-order valence-corrected chi connectivity index (χ4v) is 3.59. The molecule has 2 aliphatic rings. The first-order valence-corrected chi connectivity index (χ1v) is 9.36. The number of likely N-dealkylation sites (tertiary alicyclic amines) is 1. The van der Waals surface area contributed by atoms with Crippen LogP contribution in [0.4, 0.5) is 4.39 Å². The highest BCUT2D eigenvalue weighted by molar-refractivity contribution is 14.0. The summed E-state index contributed by atoms with van der Waals surface area (Å²) in [4.78, 5) is 9.27. The van der Waals surface area contributed by atoms with Gasteiger partial charge in [0.15, 0.2) is 5.96 Å². The fraction of sp³-hybridized carbons (Fsp3) is 0.632. The predicted octanol–water partition coefficient (Wildman–Crippen LogP) is 3.01. The monoisotopic (exact) mass is 476 g/mol. The number of aliphatic imine (C=N–C) groups is 1. The quantitative estimate of drug-likeness (QED) is 0.413. The summed E-state index contributed by atoms with van der Waals surface area (Å²) < 4.78 is 18.8. The van der Waals surface area contributed by atoms with E-state index in [1.807, 2.05) is 12.1 Å². The van der Waals surface area contributed by atoms with Gasteiger partial charge < -0.3 is 15.4 Å². The van der Waals surface area contributed by atoms with Crippen LogP contribution in [-0.2, 0) is 4.74 Å². The minimum absolute atomic E-state index is 0. The molecule has 26 heavy (non-hydrogen) atoms. The van der Waals surface area contributed by atoms with Crippen LogP contribution in [0.2, 0.25) is 0 Å². The molecule has 1 atom stereocenters. The number of morpholine rings is 1. The maximum Gasteiger partial charge on any atom is 0.191 e. The number of hydrogen-bond donors (Lipinski definition) is 1. The zero-order valence-corrected chi connectivity index (χ0v) is 17.6. The summed E-state index contributed by atoms with van der Waals surface area (Å²) in [5.41, 5.74) is 7.35. The summed E-state index contributed by atoms with van der Waals surface area (Å²) in [7, 11) is 0. The molecule has 0 amide bonds. The molecular formula is C19H30FIN4O. The Bertz CT molecular complexity index is 555. The molecule has 0 aliphatic carbocycles. The Morgan fingerprint density at radius 2 is 1.65 bits per heavy atom. The van der Waals surface area contributed by atoms with Gasteiger partial charge in [0.2, 0.25) is 0 Å². The lowest BCUT2D eigenvalue weighted by Gasteiger charge is -2.34. The first-order chi connectivity index (χ1) is 12.2. The van der Waals surface area contributed by atoms with Crippen LogP contribution in [0.25, 0.3) is 0 Å². The van der Waals surface area contributed by atoms with Crippen molar-refractivity contribution in [2.45, 2.75) is 31.7 Å². The normalized spacial score (nSPS) is 21.0. The molecule has 0 radical (unpaired) electrons. The highest BCUT2D eigenvalue weighted by Gasteiger charge is 2.23. The van der Waals surface area contributed by atoms with E-state index < -0.39 is 0 Å². The first kappa shape index (κ1) is 21.4. The number of halogens is 2. The molecule has 0 bridgehead atoms. The van der Waals surface area contributed by atoms with Crippen LogP contribution in [0.3, 0.4) is 0 Å². The van der Waals surface area contributed by atoms with Gasteiger partial charge in [-0.3, -0.25) is 9.89 Å². The van der Waals surface area contributed by atoms with Crippen LogP contribution in [0.15, 0.2) is 29.3 Å². The minimum Gasteiger partial charge on any atom is -0.379 e. The van der Waals surface area contributed by atoms with Crippen LogP contribution < -0.4 is 5.73 Å². The SMILES string of the molecule is I.NC(=NCC(c1ccc(F)cc1)N1CCOCC1)N1CCCCCC1. The van der Waals surface area contributed by atoms with Gasteiger partial charge in [-0.25, -0.2) is 4.39 Å². The Morgan fingerprint density at radius 1 is 1.04 bits per heavy atom. The van der Waals surface area contributed by atoms with Crippen LogP contribution in [0.1, 0.15) is 37.3 Å². The van der Waals surface area contributed by atoms with Crippen LogP contribution in [0.5, 0.6) is 0 Å². The van der Waals surface area contributed by atoms with E-state index in [9.17, 15) is 4.39 Å². The summed E-state index contributed by atoms with van der Waals surface area (Å²) >= 11 is 0. The van der Waals surface area contributed by atoms with E-state index in [1.54, 1.807) is 0 Å². The molecule has 0 saturated carbocycles. The smallest absolute Gasteiger partial charge is 0.191 e. The van der Waals surface area contributed by atoms with Crippen molar-refractivity contribution in [3.8, 4) is 0 Å². The maximum absolute atomic E-state index is 13.3. The van der Waals surface area contributed by atoms with Crippen molar-refractivity contribution in [3.63, 3.8) is 0 Å². The molecule has 1 aromatic rings. The lowest BCUT2D eigenvalue weighted by atomic mass is 10.0. The molecule has 0 aromatic heterocycles. The minimum atomic E-state index is -0.211. The third-order valence-corrected chi connectivity index (χ3v) is 5.10. The van der Waals surface area contributed by atoms with E-state index in [0.717, 1.165) is 45.0 Å². The molecule has 2 saturated heterocycles. The van der Waals surface area contributed by atoms with Gasteiger partial charge in [-0.1, -0.05) is 25.0 Å². The second-order valence-electron chi connectivity index (χ2n) is 6.82. The average Bonchev–Trinajstić information content (AvgIpc) is 2.93. The summed E-state index contributed by atoms with van der Waals surface area (Å²) in [5.74, 6) is 0.430. The molecule has 2 heterocycles. The molecule has 0 spiro atoms. The Morgan fingerprint density at radius 3 is 2.27 bits per heavy atom. The van der Waals surface area contributed by atoms with E-state index in [-0.39, 0.29) is 35.8 Å². The van der Waals surface area contributed by atoms with Crippen molar-refractivity contribution < 1.29 is 9.13 Å². The molecule has 1 unspecified atom stereocenters. The standard InChI is InChI=1S/C19H29FN4O.HI/c20-17-7-5-16(6-8-17)18(23-11-13-25-14-12-23)15-22-19(21)24-9-3-1-2-4-10-24;/h5-8,18H,1-4,9-15H2,(H2,21,22);1H. The van der Waals surface area contributed by atoms with Crippen molar-refractivity contribution in [2.75, 3.05) is 45.9 Å². The van der Waals surface area contributed by atoms with E-state index in [4.69, 9.17) is 15.5 Å². The molecule has 2 N–H and O–H groups in total. The molecule has 5 nitrogen and oxygen atoms in total. The number of hydrogen-bond acceptors (Lipinski definition) is 3. The van der Waals surface area contributed by atoms with Gasteiger partial charge in [0.1, 0.15) is 5.82 Å². The molecule has 1 aromatic carbocycles. The number of nitrogens with two attached hydrogens (primary N) is 1. The molecule has 7 heteroatoms. The van der Waals surface area contributed by atoms with Gasteiger partial charge in [0.05, 0.1) is 25.8 Å².